The molecule has 4 rings (SSSR count). The van der Waals surface area contributed by atoms with Gasteiger partial charge in [0.25, 0.3) is 0 Å². The summed E-state index contributed by atoms with van der Waals surface area (Å²) in [6.07, 6.45) is 0. The number of nitrogens with one attached hydrogen (secondary N) is 1. The molecule has 25 heavy (non-hydrogen) atoms. The van der Waals surface area contributed by atoms with Gasteiger partial charge in [0, 0.05) is 25.1 Å². The maximum Gasteiger partial charge on any atom is 0.244 e. The van der Waals surface area contributed by atoms with Crippen LogP contribution in [0.2, 0.25) is 0 Å². The van der Waals surface area contributed by atoms with Gasteiger partial charge in [0.15, 0.2) is 0 Å². The lowest BCUT2D eigenvalue weighted by molar-refractivity contribution is 0.379. The zero-order chi connectivity index (χ0) is 17.7. The molecule has 0 spiro atoms. The van der Waals surface area contributed by atoms with E-state index in [1.54, 1.807) is 22.7 Å². The maximum atomic E-state index is 9.69. The number of allylic oxidation sites excluding steroid dienone is 1. The average molecular weight is 368 g/mol. The van der Waals surface area contributed by atoms with E-state index in [2.05, 4.69) is 49.2 Å². The van der Waals surface area contributed by atoms with E-state index >= 15 is 0 Å². The molecule has 1 unspecified atom stereocenters. The molecule has 3 N–H and O–H groups in total. The Morgan fingerprint density at radius 1 is 1.24 bits per heavy atom. The molecule has 1 aliphatic rings. The maximum absolute atomic E-state index is 9.69. The van der Waals surface area contributed by atoms with E-state index in [4.69, 9.17) is 10.5 Å². The molecule has 5 nitrogen and oxygen atoms in total. The fourth-order valence-corrected chi connectivity index (χ4v) is 5.15. The highest BCUT2D eigenvalue weighted by Gasteiger charge is 2.36. The van der Waals surface area contributed by atoms with Crippen molar-refractivity contribution in [2.24, 2.45) is 5.73 Å². The highest BCUT2D eigenvalue weighted by Crippen LogP contribution is 2.48. The fourth-order valence-electron chi connectivity index (χ4n) is 3.22. The highest BCUT2D eigenvalue weighted by molar-refractivity contribution is 7.12. The van der Waals surface area contributed by atoms with Crippen molar-refractivity contribution in [1.82, 2.24) is 10.2 Å². The minimum Gasteiger partial charge on any atom is -0.420 e. The van der Waals surface area contributed by atoms with Crippen LogP contribution in [-0.4, -0.2) is 10.2 Å². The molecule has 0 saturated heterocycles. The first-order valence-electron chi connectivity index (χ1n) is 7.79. The van der Waals surface area contributed by atoms with Gasteiger partial charge in [-0.2, -0.15) is 5.26 Å². The normalized spacial score (nSPS) is 16.5. The second-order valence-electron chi connectivity index (χ2n) is 6.02. The number of aromatic amines is 1. The molecule has 3 aromatic rings. The van der Waals surface area contributed by atoms with Gasteiger partial charge in [0.05, 0.1) is 17.2 Å². The Morgan fingerprint density at radius 2 is 2.04 bits per heavy atom. The first kappa shape index (κ1) is 15.9. The predicted molar refractivity (Wildman–Crippen MR) is 99.7 cm³/mol. The van der Waals surface area contributed by atoms with Crippen LogP contribution in [-0.2, 0) is 0 Å². The van der Waals surface area contributed by atoms with Crippen LogP contribution < -0.4 is 10.5 Å². The highest BCUT2D eigenvalue weighted by atomic mass is 32.1. The van der Waals surface area contributed by atoms with Crippen molar-refractivity contribution in [3.8, 4) is 23.2 Å². The Kier molecular flexibility index (Phi) is 3.67. The molecule has 0 bridgehead atoms. The summed E-state index contributed by atoms with van der Waals surface area (Å²) in [5, 5.41) is 17.1. The van der Waals surface area contributed by atoms with Gasteiger partial charge < -0.3 is 10.5 Å². The number of H-pyrrole nitrogens is 1. The number of aromatic nitrogens is 2. The number of aryl methyl sites for hydroxylation is 3. The number of nitrogens with zero attached hydrogens (tertiary/aromatic N) is 2. The number of hydrogen-bond donors (Lipinski definition) is 2. The first-order chi connectivity index (χ1) is 12.0. The molecule has 0 radical (unpaired) electrons. The summed E-state index contributed by atoms with van der Waals surface area (Å²) in [6.45, 7) is 6.22. The molecule has 0 aromatic carbocycles. The van der Waals surface area contributed by atoms with Gasteiger partial charge in [-0.1, -0.05) is 0 Å². The third kappa shape index (κ3) is 2.46. The second kappa shape index (κ2) is 5.76. The number of ether oxygens (including phenoxy) is 1. The van der Waals surface area contributed by atoms with Gasteiger partial charge in [0.2, 0.25) is 11.8 Å². The molecular weight excluding hydrogens is 352 g/mol. The van der Waals surface area contributed by atoms with E-state index in [9.17, 15) is 5.26 Å². The molecule has 4 heterocycles. The monoisotopic (exact) mass is 368 g/mol. The molecule has 0 fully saturated rings. The summed E-state index contributed by atoms with van der Waals surface area (Å²) in [5.41, 5.74) is 9.31. The number of rotatable bonds is 2. The summed E-state index contributed by atoms with van der Waals surface area (Å²) >= 11 is 3.40. The minimum atomic E-state index is -0.263. The SMILES string of the molecule is Cc1ccc(C2C(C#N)=C(N)Oc3n[nH]c(-c4cc(C)sc4C)c32)s1. The molecule has 7 heteroatoms. The molecule has 1 atom stereocenters. The number of hydrogen-bond acceptors (Lipinski definition) is 6. The van der Waals surface area contributed by atoms with Crippen LogP contribution in [0.5, 0.6) is 5.88 Å². The fraction of sp³-hybridized carbons (Fsp3) is 0.222. The van der Waals surface area contributed by atoms with Crippen LogP contribution in [0.3, 0.4) is 0 Å². The largest absolute Gasteiger partial charge is 0.420 e. The number of nitrogens with two attached hydrogens (primary N) is 1. The van der Waals surface area contributed by atoms with E-state index in [1.165, 1.54) is 14.6 Å². The van der Waals surface area contributed by atoms with Crippen molar-refractivity contribution >= 4 is 22.7 Å². The third-order valence-corrected chi connectivity index (χ3v) is 6.33. The molecule has 3 aromatic heterocycles. The van der Waals surface area contributed by atoms with E-state index in [0.717, 1.165) is 21.7 Å². The van der Waals surface area contributed by atoms with Gasteiger partial charge in [-0.3, -0.25) is 5.10 Å². The van der Waals surface area contributed by atoms with E-state index in [-0.39, 0.29) is 11.8 Å². The van der Waals surface area contributed by atoms with Crippen LogP contribution in [0, 0.1) is 32.1 Å². The van der Waals surface area contributed by atoms with Crippen molar-refractivity contribution in [3.63, 3.8) is 0 Å². The predicted octanol–water partition coefficient (Wildman–Crippen LogP) is 4.34. The van der Waals surface area contributed by atoms with Crippen LogP contribution >= 0.6 is 22.7 Å². The molecule has 0 aliphatic carbocycles. The van der Waals surface area contributed by atoms with Crippen molar-refractivity contribution in [2.75, 3.05) is 0 Å². The van der Waals surface area contributed by atoms with Crippen molar-refractivity contribution in [3.05, 3.63) is 54.7 Å². The lowest BCUT2D eigenvalue weighted by atomic mass is 9.87. The summed E-state index contributed by atoms with van der Waals surface area (Å²) in [6, 6.07) is 8.48. The molecule has 0 saturated carbocycles. The van der Waals surface area contributed by atoms with Crippen LogP contribution in [0.4, 0.5) is 0 Å². The summed E-state index contributed by atoms with van der Waals surface area (Å²) in [4.78, 5) is 4.68. The zero-order valence-corrected chi connectivity index (χ0v) is 15.6. The summed E-state index contributed by atoms with van der Waals surface area (Å²) < 4.78 is 5.64. The van der Waals surface area contributed by atoms with Gasteiger partial charge in [0.1, 0.15) is 11.6 Å². The Hall–Kier alpha value is -2.56. The Morgan fingerprint density at radius 3 is 2.64 bits per heavy atom. The van der Waals surface area contributed by atoms with Crippen LogP contribution in [0.15, 0.2) is 29.7 Å². The van der Waals surface area contributed by atoms with E-state index in [1.807, 2.05) is 6.07 Å². The average Bonchev–Trinajstić information content (AvgIpc) is 3.24. The second-order valence-corrected chi connectivity index (χ2v) is 8.80. The third-order valence-electron chi connectivity index (χ3n) is 4.29. The topological polar surface area (TPSA) is 87.7 Å². The van der Waals surface area contributed by atoms with Gasteiger partial charge in [-0.25, -0.2) is 0 Å². The van der Waals surface area contributed by atoms with E-state index < -0.39 is 0 Å². The van der Waals surface area contributed by atoms with E-state index in [0.29, 0.717) is 11.5 Å². The minimum absolute atomic E-state index is 0.127. The smallest absolute Gasteiger partial charge is 0.244 e. The van der Waals surface area contributed by atoms with Gasteiger partial charge >= 0.3 is 0 Å². The lowest BCUT2D eigenvalue weighted by Crippen LogP contribution is -2.20. The summed E-state index contributed by atoms with van der Waals surface area (Å²) in [7, 11) is 0. The van der Waals surface area contributed by atoms with Crippen molar-refractivity contribution in [2.45, 2.75) is 26.7 Å². The molecule has 0 amide bonds. The Balaban J connectivity index is 1.97. The molecular formula is C18H16N4OS2. The zero-order valence-electron chi connectivity index (χ0n) is 14.0. The first-order valence-corrected chi connectivity index (χ1v) is 9.42. The van der Waals surface area contributed by atoms with Crippen LogP contribution in [0.25, 0.3) is 11.3 Å². The number of fused-ring (bicyclic) bond motifs is 1. The molecule has 126 valence electrons. The van der Waals surface area contributed by atoms with Gasteiger partial charge in [-0.15, -0.1) is 27.8 Å². The summed E-state index contributed by atoms with van der Waals surface area (Å²) in [5.74, 6) is 0.314. The van der Waals surface area contributed by atoms with Gasteiger partial charge in [-0.05, 0) is 39.0 Å². The van der Waals surface area contributed by atoms with Crippen molar-refractivity contribution < 1.29 is 4.74 Å². The van der Waals surface area contributed by atoms with Crippen molar-refractivity contribution in [1.29, 1.82) is 5.26 Å². The Labute approximate surface area is 153 Å². The van der Waals surface area contributed by atoms with Crippen LogP contribution in [0.1, 0.15) is 31.0 Å². The standard InChI is InChI=1S/C18H16N4OS2/c1-8-4-5-13(25-8)14-12(7-19)17(20)23-18-15(14)16(21-22-18)11-6-9(2)24-10(11)3/h4-6,14H,20H2,1-3H3,(H,21,22). The quantitative estimate of drug-likeness (QED) is 0.704. The number of nitriles is 1. The lowest BCUT2D eigenvalue weighted by Gasteiger charge is -2.22. The number of thiophene rings is 2. The Bertz CT molecular complexity index is 1050. The molecule has 1 aliphatic heterocycles.